The summed E-state index contributed by atoms with van der Waals surface area (Å²) in [4.78, 5) is 0. The molecule has 0 N–H and O–H groups in total. The van der Waals surface area contributed by atoms with E-state index in [2.05, 4.69) is 132 Å². The van der Waals surface area contributed by atoms with E-state index in [4.69, 9.17) is 14.6 Å². The minimum atomic E-state index is 0.819. The van der Waals surface area contributed by atoms with Crippen LogP contribution in [0.25, 0.3) is 82.9 Å². The monoisotopic (exact) mass is 537 g/mol. The van der Waals surface area contributed by atoms with Crippen molar-refractivity contribution in [3.63, 3.8) is 0 Å². The minimum Gasteiger partial charge on any atom is -0.455 e. The van der Waals surface area contributed by atoms with Crippen LogP contribution in [-0.2, 0) is 0 Å². The van der Waals surface area contributed by atoms with Crippen molar-refractivity contribution < 1.29 is 4.42 Å². The number of benzene rings is 6. The topological polar surface area (TPSA) is 43.3 Å². The van der Waals surface area contributed by atoms with Crippen LogP contribution in [0.2, 0.25) is 0 Å². The van der Waals surface area contributed by atoms with Gasteiger partial charge in [-0.15, -0.1) is 10.2 Å². The lowest BCUT2D eigenvalue weighted by Gasteiger charge is -2.15. The highest BCUT2D eigenvalue weighted by atomic mass is 16.3. The van der Waals surface area contributed by atoms with E-state index >= 15 is 0 Å². The van der Waals surface area contributed by atoms with Crippen molar-refractivity contribution in [3.05, 3.63) is 140 Å². The normalized spacial score (nSPS) is 11.8. The highest BCUT2D eigenvalue weighted by Crippen LogP contribution is 2.42. The molecule has 3 heterocycles. The molecule has 0 unspecified atom stereocenters. The van der Waals surface area contributed by atoms with Crippen molar-refractivity contribution in [2.24, 2.45) is 0 Å². The molecule has 0 amide bonds. The fourth-order valence-electron chi connectivity index (χ4n) is 6.50. The molecule has 0 radical (unpaired) electrons. The lowest BCUT2D eigenvalue weighted by Crippen LogP contribution is -1.96. The molecule has 0 spiro atoms. The third-order valence-corrected chi connectivity index (χ3v) is 8.35. The minimum absolute atomic E-state index is 0.819. The summed E-state index contributed by atoms with van der Waals surface area (Å²) in [7, 11) is 0. The zero-order valence-electron chi connectivity index (χ0n) is 22.5. The van der Waals surface area contributed by atoms with Crippen molar-refractivity contribution in [1.29, 1.82) is 0 Å². The first-order valence-electron chi connectivity index (χ1n) is 14.1. The summed E-state index contributed by atoms with van der Waals surface area (Å²) in [5.41, 5.74) is 9.14. The molecule has 0 bridgehead atoms. The molecular formula is C38H23N3O. The first-order chi connectivity index (χ1) is 20.9. The summed E-state index contributed by atoms with van der Waals surface area (Å²) in [5.74, 6) is 0.819. The molecule has 3 aromatic heterocycles. The number of hydrogen-bond acceptors (Lipinski definition) is 3. The summed E-state index contributed by atoms with van der Waals surface area (Å²) in [6, 6.07) is 48.6. The molecule has 0 fully saturated rings. The first kappa shape index (κ1) is 23.0. The van der Waals surface area contributed by atoms with Gasteiger partial charge in [-0.2, -0.15) is 0 Å². The van der Waals surface area contributed by atoms with Crippen LogP contribution in [0.5, 0.6) is 0 Å². The number of nitrogens with zero attached hydrogens (tertiary/aromatic N) is 3. The summed E-state index contributed by atoms with van der Waals surface area (Å²) in [5, 5.41) is 15.3. The Morgan fingerprint density at radius 2 is 0.952 bits per heavy atom. The van der Waals surface area contributed by atoms with Crippen molar-refractivity contribution in [3.8, 4) is 33.6 Å². The third kappa shape index (κ3) is 3.23. The van der Waals surface area contributed by atoms with Gasteiger partial charge in [0.15, 0.2) is 11.5 Å². The van der Waals surface area contributed by atoms with Crippen LogP contribution in [0, 0.1) is 0 Å². The van der Waals surface area contributed by atoms with E-state index in [0.717, 1.165) is 72.1 Å². The highest BCUT2D eigenvalue weighted by Gasteiger charge is 2.21. The molecule has 0 aliphatic carbocycles. The molecule has 0 saturated carbocycles. The summed E-state index contributed by atoms with van der Waals surface area (Å²) in [6.45, 7) is 0. The van der Waals surface area contributed by atoms with Crippen molar-refractivity contribution in [1.82, 2.24) is 14.6 Å². The van der Waals surface area contributed by atoms with Gasteiger partial charge >= 0.3 is 0 Å². The Morgan fingerprint density at radius 3 is 1.76 bits per heavy atom. The number of para-hydroxylation sites is 3. The van der Waals surface area contributed by atoms with Crippen LogP contribution in [0.1, 0.15) is 0 Å². The smallest absolute Gasteiger partial charge is 0.169 e. The van der Waals surface area contributed by atoms with E-state index in [9.17, 15) is 0 Å². The molecule has 4 nitrogen and oxygen atoms in total. The van der Waals surface area contributed by atoms with Crippen LogP contribution in [0.15, 0.2) is 144 Å². The Morgan fingerprint density at radius 1 is 0.405 bits per heavy atom. The summed E-state index contributed by atoms with van der Waals surface area (Å²) in [6.07, 6.45) is 0. The van der Waals surface area contributed by atoms with Crippen LogP contribution in [0.4, 0.5) is 0 Å². The van der Waals surface area contributed by atoms with Gasteiger partial charge in [-0.3, -0.25) is 4.40 Å². The van der Waals surface area contributed by atoms with Gasteiger partial charge in [-0.05, 0) is 34.2 Å². The van der Waals surface area contributed by atoms with Gasteiger partial charge in [-0.1, -0.05) is 127 Å². The summed E-state index contributed by atoms with van der Waals surface area (Å²) < 4.78 is 8.66. The lowest BCUT2D eigenvalue weighted by atomic mass is 9.91. The molecule has 9 aromatic rings. The van der Waals surface area contributed by atoms with Crippen LogP contribution < -0.4 is 0 Å². The quantitative estimate of drug-likeness (QED) is 0.211. The second-order valence-corrected chi connectivity index (χ2v) is 10.6. The lowest BCUT2D eigenvalue weighted by molar-refractivity contribution is 0.670. The Labute approximate surface area is 241 Å². The molecule has 6 aromatic carbocycles. The molecule has 0 aliphatic rings. The highest BCUT2D eigenvalue weighted by molar-refractivity contribution is 6.13. The molecule has 0 saturated heterocycles. The zero-order valence-corrected chi connectivity index (χ0v) is 22.5. The molecule has 0 atom stereocenters. The second-order valence-electron chi connectivity index (χ2n) is 10.6. The molecular weight excluding hydrogens is 514 g/mol. The molecule has 0 aliphatic heterocycles. The predicted octanol–water partition coefficient (Wildman–Crippen LogP) is 9.94. The van der Waals surface area contributed by atoms with E-state index in [1.165, 1.54) is 10.8 Å². The van der Waals surface area contributed by atoms with Gasteiger partial charge in [0.05, 0.1) is 5.52 Å². The number of rotatable bonds is 3. The van der Waals surface area contributed by atoms with Crippen LogP contribution in [0.3, 0.4) is 0 Å². The van der Waals surface area contributed by atoms with Crippen LogP contribution >= 0.6 is 0 Å². The van der Waals surface area contributed by atoms with Crippen LogP contribution in [-0.4, -0.2) is 14.6 Å². The molecule has 9 rings (SSSR count). The zero-order chi connectivity index (χ0) is 27.6. The van der Waals surface area contributed by atoms with E-state index in [-0.39, 0.29) is 0 Å². The van der Waals surface area contributed by atoms with Gasteiger partial charge in [-0.25, -0.2) is 0 Å². The van der Waals surface area contributed by atoms with E-state index in [0.29, 0.717) is 0 Å². The van der Waals surface area contributed by atoms with E-state index < -0.39 is 0 Å². The maximum Gasteiger partial charge on any atom is 0.169 e. The Balaban J connectivity index is 1.33. The number of hydrogen-bond donors (Lipinski definition) is 0. The van der Waals surface area contributed by atoms with E-state index in [1.54, 1.807) is 0 Å². The predicted molar refractivity (Wildman–Crippen MR) is 172 cm³/mol. The average molecular weight is 538 g/mol. The number of pyridine rings is 1. The van der Waals surface area contributed by atoms with Gasteiger partial charge < -0.3 is 4.42 Å². The van der Waals surface area contributed by atoms with Crippen molar-refractivity contribution in [2.75, 3.05) is 0 Å². The fraction of sp³-hybridized carbons (Fsp3) is 0. The Kier molecular flexibility index (Phi) is 4.87. The second kappa shape index (κ2) is 8.88. The van der Waals surface area contributed by atoms with Crippen molar-refractivity contribution >= 4 is 49.3 Å². The number of aromatic nitrogens is 3. The molecule has 196 valence electrons. The summed E-state index contributed by atoms with van der Waals surface area (Å²) >= 11 is 0. The maximum atomic E-state index is 6.45. The maximum absolute atomic E-state index is 6.45. The van der Waals surface area contributed by atoms with E-state index in [1.807, 2.05) is 12.1 Å². The third-order valence-electron chi connectivity index (χ3n) is 8.35. The van der Waals surface area contributed by atoms with Gasteiger partial charge in [0.1, 0.15) is 11.2 Å². The Bertz CT molecular complexity index is 2480. The van der Waals surface area contributed by atoms with Gasteiger partial charge in [0, 0.05) is 32.7 Å². The largest absolute Gasteiger partial charge is 0.455 e. The standard InChI is InChI=1S/C38H23N3O/c1-2-13-25(30-20-11-21-31-29-17-8-10-23-35(29)42-36(30)31)24(12-1)26-14-3-5-18-32(26)37-39-40-38-33-19-6-4-15-27(33)28-16-7-9-22-34(28)41(37)38/h1-23H. The van der Waals surface area contributed by atoms with Crippen molar-refractivity contribution in [2.45, 2.75) is 0 Å². The molecule has 4 heteroatoms. The number of furan rings is 1. The number of fused-ring (bicyclic) bond motifs is 9. The average Bonchev–Trinajstić information content (AvgIpc) is 3.68. The first-order valence-corrected chi connectivity index (χ1v) is 14.1. The van der Waals surface area contributed by atoms with Gasteiger partial charge in [0.2, 0.25) is 0 Å². The SMILES string of the molecule is c1ccc(-c2cccc3c2oc2ccccc23)c(-c2ccccc2-c2nnc3c4ccccc4c4ccccc4n23)c1. The molecule has 42 heavy (non-hydrogen) atoms. The van der Waals surface area contributed by atoms with Gasteiger partial charge in [0.25, 0.3) is 0 Å². The Hall–Kier alpha value is -5.74. The fourth-order valence-corrected chi connectivity index (χ4v) is 6.50.